The van der Waals surface area contributed by atoms with Gasteiger partial charge in [0.15, 0.2) is 0 Å². The second-order valence-electron chi connectivity index (χ2n) is 7.26. The van der Waals surface area contributed by atoms with Crippen LogP contribution in [0.2, 0.25) is 0 Å². The van der Waals surface area contributed by atoms with Crippen LogP contribution < -0.4 is 10.0 Å². The number of aryl methyl sites for hydroxylation is 2. The predicted molar refractivity (Wildman–Crippen MR) is 99.2 cm³/mol. The number of aliphatic carboxylic acids is 2. The summed E-state index contributed by atoms with van der Waals surface area (Å²) in [5.74, 6) is -2.80. The largest absolute Gasteiger partial charge is 0.545 e. The van der Waals surface area contributed by atoms with Gasteiger partial charge in [-0.15, -0.1) is 0 Å². The minimum Gasteiger partial charge on any atom is -0.545 e. The summed E-state index contributed by atoms with van der Waals surface area (Å²) in [6.07, 6.45) is 9.77. The van der Waals surface area contributed by atoms with Crippen LogP contribution in [-0.4, -0.2) is 41.8 Å². The SMILES string of the molecule is O=C([O-])/C=C\C(=O)O.OC(C[NH+]1CCCCCC1)c1ccc2c(c1)CCC2. The molecule has 3 N–H and O–H groups in total. The first-order valence-corrected chi connectivity index (χ1v) is 9.71. The van der Waals surface area contributed by atoms with Gasteiger partial charge in [-0.1, -0.05) is 18.2 Å². The van der Waals surface area contributed by atoms with Crippen LogP contribution in [0.1, 0.15) is 54.9 Å². The van der Waals surface area contributed by atoms with Crippen molar-refractivity contribution in [2.24, 2.45) is 0 Å². The topological polar surface area (TPSA) is 102 Å². The number of carboxylic acid groups (broad SMARTS) is 2. The maximum Gasteiger partial charge on any atom is 0.328 e. The molecule has 0 spiro atoms. The summed E-state index contributed by atoms with van der Waals surface area (Å²) in [6.45, 7) is 3.36. The molecule has 6 heteroatoms. The highest BCUT2D eigenvalue weighted by Gasteiger charge is 2.20. The summed E-state index contributed by atoms with van der Waals surface area (Å²) in [5.41, 5.74) is 4.11. The van der Waals surface area contributed by atoms with Crippen molar-refractivity contribution in [3.05, 3.63) is 47.0 Å². The lowest BCUT2D eigenvalue weighted by Crippen LogP contribution is -3.12. The lowest BCUT2D eigenvalue weighted by molar-refractivity contribution is -0.903. The number of aliphatic hydroxyl groups excluding tert-OH is 1. The van der Waals surface area contributed by atoms with E-state index in [9.17, 15) is 19.8 Å². The Kier molecular flexibility index (Phi) is 8.48. The van der Waals surface area contributed by atoms with Gasteiger partial charge in [-0.05, 0) is 67.7 Å². The summed E-state index contributed by atoms with van der Waals surface area (Å²) in [6, 6.07) is 6.63. The number of rotatable bonds is 5. The molecule has 1 saturated heterocycles. The van der Waals surface area contributed by atoms with Crippen LogP contribution in [0.25, 0.3) is 0 Å². The van der Waals surface area contributed by atoms with Crippen molar-refractivity contribution in [1.29, 1.82) is 0 Å². The van der Waals surface area contributed by atoms with Crippen LogP contribution in [0.4, 0.5) is 0 Å². The van der Waals surface area contributed by atoms with E-state index in [-0.39, 0.29) is 6.10 Å². The average Bonchev–Trinajstić information content (AvgIpc) is 2.96. The van der Waals surface area contributed by atoms with E-state index in [0.29, 0.717) is 12.2 Å². The van der Waals surface area contributed by atoms with Crippen LogP contribution >= 0.6 is 0 Å². The van der Waals surface area contributed by atoms with E-state index >= 15 is 0 Å². The molecular formula is C21H29NO5. The van der Waals surface area contributed by atoms with Crippen LogP contribution in [0.3, 0.4) is 0 Å². The summed E-state index contributed by atoms with van der Waals surface area (Å²) in [5, 5.41) is 27.7. The number of fused-ring (bicyclic) bond motifs is 1. The van der Waals surface area contributed by atoms with Gasteiger partial charge in [0, 0.05) is 6.08 Å². The maximum atomic E-state index is 10.5. The zero-order chi connectivity index (χ0) is 19.6. The van der Waals surface area contributed by atoms with Gasteiger partial charge in [0.1, 0.15) is 12.6 Å². The third-order valence-corrected chi connectivity index (χ3v) is 5.16. The van der Waals surface area contributed by atoms with Crippen LogP contribution in [-0.2, 0) is 22.4 Å². The van der Waals surface area contributed by atoms with Gasteiger partial charge in [0.25, 0.3) is 0 Å². The Morgan fingerprint density at radius 1 is 1.04 bits per heavy atom. The predicted octanol–water partition coefficient (Wildman–Crippen LogP) is 0.0447. The minimum absolute atomic E-state index is 0.279. The fourth-order valence-electron chi connectivity index (χ4n) is 3.76. The molecule has 1 unspecified atom stereocenters. The van der Waals surface area contributed by atoms with Crippen molar-refractivity contribution in [2.75, 3.05) is 19.6 Å². The molecule has 1 aromatic carbocycles. The molecular weight excluding hydrogens is 346 g/mol. The van der Waals surface area contributed by atoms with Gasteiger partial charge >= 0.3 is 5.97 Å². The van der Waals surface area contributed by atoms with E-state index in [2.05, 4.69) is 18.2 Å². The summed E-state index contributed by atoms with van der Waals surface area (Å²) < 4.78 is 0. The third-order valence-electron chi connectivity index (χ3n) is 5.16. The number of nitrogens with one attached hydrogen (secondary N) is 1. The van der Waals surface area contributed by atoms with E-state index in [1.807, 2.05) is 0 Å². The molecule has 3 rings (SSSR count). The number of benzene rings is 1. The van der Waals surface area contributed by atoms with Gasteiger partial charge in [-0.2, -0.15) is 0 Å². The molecule has 1 aliphatic heterocycles. The highest BCUT2D eigenvalue weighted by atomic mass is 16.4. The molecule has 1 atom stereocenters. The van der Waals surface area contributed by atoms with E-state index in [0.717, 1.165) is 12.1 Å². The molecule has 1 heterocycles. The Balaban J connectivity index is 0.000000279. The normalized spacial score (nSPS) is 18.3. The first-order valence-electron chi connectivity index (χ1n) is 9.71. The monoisotopic (exact) mass is 375 g/mol. The van der Waals surface area contributed by atoms with Gasteiger partial charge < -0.3 is 25.0 Å². The van der Waals surface area contributed by atoms with Crippen LogP contribution in [0, 0.1) is 0 Å². The van der Waals surface area contributed by atoms with Crippen molar-refractivity contribution in [2.45, 2.75) is 51.0 Å². The second kappa shape index (κ2) is 10.8. The smallest absolute Gasteiger partial charge is 0.328 e. The zero-order valence-electron chi connectivity index (χ0n) is 15.7. The summed E-state index contributed by atoms with van der Waals surface area (Å²) in [4.78, 5) is 20.6. The van der Waals surface area contributed by atoms with E-state index in [1.165, 1.54) is 69.2 Å². The van der Waals surface area contributed by atoms with Crippen LogP contribution in [0.15, 0.2) is 30.4 Å². The first kappa shape index (κ1) is 21.1. The van der Waals surface area contributed by atoms with Gasteiger partial charge in [-0.3, -0.25) is 0 Å². The number of quaternary nitrogens is 1. The Hall–Kier alpha value is -2.18. The van der Waals surface area contributed by atoms with Crippen LogP contribution in [0.5, 0.6) is 0 Å². The van der Waals surface area contributed by atoms with Crippen molar-refractivity contribution in [3.63, 3.8) is 0 Å². The highest BCUT2D eigenvalue weighted by Crippen LogP contribution is 2.25. The molecule has 6 nitrogen and oxygen atoms in total. The van der Waals surface area contributed by atoms with Crippen molar-refractivity contribution in [3.8, 4) is 0 Å². The molecule has 0 bridgehead atoms. The lowest BCUT2D eigenvalue weighted by Gasteiger charge is -2.21. The van der Waals surface area contributed by atoms with Crippen molar-refractivity contribution >= 4 is 11.9 Å². The number of carbonyl (C=O) groups is 2. The molecule has 148 valence electrons. The van der Waals surface area contributed by atoms with Gasteiger partial charge in [0.05, 0.1) is 19.1 Å². The third kappa shape index (κ3) is 7.53. The maximum absolute atomic E-state index is 10.5. The van der Waals surface area contributed by atoms with Crippen molar-refractivity contribution < 1.29 is 29.8 Å². The molecule has 1 aromatic rings. The summed E-state index contributed by atoms with van der Waals surface area (Å²) >= 11 is 0. The lowest BCUT2D eigenvalue weighted by atomic mass is 10.0. The molecule has 1 fully saturated rings. The van der Waals surface area contributed by atoms with E-state index in [1.54, 1.807) is 4.90 Å². The molecule has 1 aliphatic carbocycles. The first-order chi connectivity index (χ1) is 13.0. The molecule has 0 amide bonds. The van der Waals surface area contributed by atoms with E-state index < -0.39 is 11.9 Å². The fourth-order valence-corrected chi connectivity index (χ4v) is 3.76. The number of hydrogen-bond acceptors (Lipinski definition) is 4. The van der Waals surface area contributed by atoms with Crippen molar-refractivity contribution in [1.82, 2.24) is 0 Å². The van der Waals surface area contributed by atoms with Gasteiger partial charge in [0.2, 0.25) is 0 Å². The van der Waals surface area contributed by atoms with E-state index in [4.69, 9.17) is 5.11 Å². The molecule has 0 radical (unpaired) electrons. The number of carboxylic acids is 2. The minimum atomic E-state index is -1.51. The Morgan fingerprint density at radius 2 is 1.70 bits per heavy atom. The molecule has 2 aliphatic rings. The number of aliphatic hydroxyl groups is 1. The number of hydrogen-bond donors (Lipinski definition) is 3. The second-order valence-corrected chi connectivity index (χ2v) is 7.26. The fraction of sp³-hybridized carbons (Fsp3) is 0.524. The quantitative estimate of drug-likeness (QED) is 0.631. The highest BCUT2D eigenvalue weighted by molar-refractivity contribution is 5.88. The Morgan fingerprint density at radius 3 is 2.30 bits per heavy atom. The Labute approximate surface area is 160 Å². The Bertz CT molecular complexity index is 647. The summed E-state index contributed by atoms with van der Waals surface area (Å²) in [7, 11) is 0. The number of carbonyl (C=O) groups excluding carboxylic acids is 1. The standard InChI is InChI=1S/C17H25NO.C4H4O4/c19-17(13-18-10-3-1-2-4-11-18)16-9-8-14-6-5-7-15(14)12-16;5-3(6)1-2-4(7)8/h8-9,12,17,19H,1-7,10-11,13H2;1-2H,(H,5,6)(H,7,8)/b;2-1-. The molecule has 27 heavy (non-hydrogen) atoms. The zero-order valence-corrected chi connectivity index (χ0v) is 15.7. The molecule has 0 saturated carbocycles. The van der Waals surface area contributed by atoms with Gasteiger partial charge in [-0.25, -0.2) is 4.79 Å². The average molecular weight is 375 g/mol. The number of likely N-dealkylation sites (tertiary alicyclic amines) is 1. The molecule has 0 aromatic heterocycles.